The molecule has 5 nitrogen and oxygen atoms in total. The van der Waals surface area contributed by atoms with Gasteiger partial charge in [-0.15, -0.1) is 0 Å². The summed E-state index contributed by atoms with van der Waals surface area (Å²) in [6, 6.07) is 8.52. The van der Waals surface area contributed by atoms with Gasteiger partial charge >= 0.3 is 0 Å². The third kappa shape index (κ3) is 5.81. The van der Waals surface area contributed by atoms with Gasteiger partial charge in [0, 0.05) is 37.7 Å². The highest BCUT2D eigenvalue weighted by Crippen LogP contribution is 2.27. The molecule has 2 fully saturated rings. The largest absolute Gasteiger partial charge is 0.343 e. The van der Waals surface area contributed by atoms with E-state index >= 15 is 0 Å². The van der Waals surface area contributed by atoms with Crippen molar-refractivity contribution in [3.63, 3.8) is 0 Å². The van der Waals surface area contributed by atoms with E-state index in [-0.39, 0.29) is 18.2 Å². The Morgan fingerprint density at radius 1 is 1.00 bits per heavy atom. The van der Waals surface area contributed by atoms with E-state index in [1.165, 1.54) is 25.9 Å². The number of nitrogens with zero attached hydrogens (tertiary/aromatic N) is 2. The van der Waals surface area contributed by atoms with Gasteiger partial charge in [-0.05, 0) is 69.2 Å². The van der Waals surface area contributed by atoms with Crippen LogP contribution in [0.2, 0.25) is 0 Å². The highest BCUT2D eigenvalue weighted by atomic mass is 16.2. The first-order valence-corrected chi connectivity index (χ1v) is 11.4. The standard InChI is InChI=1S/C24H37N3O2/c1-18(2)21-8-4-5-9-22(21)25-23(28)10-11-24(29)27-16-12-20(13-17-27)19(3)26-14-6-7-15-26/h4-5,8-9,18-20H,6-7,10-17H2,1-3H3,(H,25,28)/t19-/m1/s1. The fourth-order valence-electron chi connectivity index (χ4n) is 4.78. The molecule has 2 aliphatic heterocycles. The van der Waals surface area contributed by atoms with Gasteiger partial charge < -0.3 is 15.1 Å². The predicted octanol–water partition coefficient (Wildman–Crippen LogP) is 4.25. The smallest absolute Gasteiger partial charge is 0.224 e. The Balaban J connectivity index is 1.41. The number of para-hydroxylation sites is 1. The number of nitrogens with one attached hydrogen (secondary N) is 1. The lowest BCUT2D eigenvalue weighted by atomic mass is 9.89. The molecule has 0 unspecified atom stereocenters. The average Bonchev–Trinajstić information content (AvgIpc) is 3.27. The summed E-state index contributed by atoms with van der Waals surface area (Å²) < 4.78 is 0. The maximum atomic E-state index is 12.6. The third-order valence-electron chi connectivity index (χ3n) is 6.71. The van der Waals surface area contributed by atoms with Crippen LogP contribution in [-0.4, -0.2) is 53.8 Å². The van der Waals surface area contributed by atoms with Gasteiger partial charge in [0.05, 0.1) is 0 Å². The minimum absolute atomic E-state index is 0.0796. The maximum absolute atomic E-state index is 12.6. The van der Waals surface area contributed by atoms with Crippen LogP contribution in [0.25, 0.3) is 0 Å². The second-order valence-corrected chi connectivity index (χ2v) is 8.99. The van der Waals surface area contributed by atoms with Crippen molar-refractivity contribution in [2.24, 2.45) is 5.92 Å². The zero-order valence-electron chi connectivity index (χ0n) is 18.3. The first-order chi connectivity index (χ1) is 14.0. The summed E-state index contributed by atoms with van der Waals surface area (Å²) in [6.07, 6.45) is 5.35. The van der Waals surface area contributed by atoms with Gasteiger partial charge in [0.15, 0.2) is 0 Å². The Hall–Kier alpha value is -1.88. The average molecular weight is 400 g/mol. The van der Waals surface area contributed by atoms with Gasteiger partial charge in [-0.2, -0.15) is 0 Å². The molecule has 2 saturated heterocycles. The monoisotopic (exact) mass is 399 g/mol. The van der Waals surface area contributed by atoms with E-state index in [1.807, 2.05) is 29.2 Å². The lowest BCUT2D eigenvalue weighted by Crippen LogP contribution is -2.45. The lowest BCUT2D eigenvalue weighted by molar-refractivity contribution is -0.134. The summed E-state index contributed by atoms with van der Waals surface area (Å²) in [7, 11) is 0. The molecule has 2 aliphatic rings. The molecule has 1 N–H and O–H groups in total. The number of carbonyl (C=O) groups is 2. The van der Waals surface area contributed by atoms with Crippen molar-refractivity contribution in [1.29, 1.82) is 0 Å². The number of rotatable bonds is 7. The molecule has 2 heterocycles. The summed E-state index contributed by atoms with van der Waals surface area (Å²) in [5, 5.41) is 2.99. The topological polar surface area (TPSA) is 52.7 Å². The molecule has 2 amide bonds. The maximum Gasteiger partial charge on any atom is 0.224 e. The zero-order valence-corrected chi connectivity index (χ0v) is 18.3. The van der Waals surface area contributed by atoms with Crippen molar-refractivity contribution >= 4 is 17.5 Å². The van der Waals surface area contributed by atoms with Gasteiger partial charge in [-0.25, -0.2) is 0 Å². The van der Waals surface area contributed by atoms with Crippen LogP contribution in [0.3, 0.4) is 0 Å². The molecule has 1 aromatic rings. The number of hydrogen-bond acceptors (Lipinski definition) is 3. The highest BCUT2D eigenvalue weighted by Gasteiger charge is 2.30. The second kappa shape index (κ2) is 10.2. The predicted molar refractivity (Wildman–Crippen MR) is 118 cm³/mol. The number of piperidine rings is 1. The van der Waals surface area contributed by atoms with Crippen molar-refractivity contribution in [2.45, 2.75) is 71.3 Å². The van der Waals surface area contributed by atoms with Crippen LogP contribution in [0.4, 0.5) is 5.69 Å². The second-order valence-electron chi connectivity index (χ2n) is 8.99. The van der Waals surface area contributed by atoms with Crippen LogP contribution < -0.4 is 5.32 Å². The molecule has 0 aromatic heterocycles. The Bertz CT molecular complexity index is 689. The minimum Gasteiger partial charge on any atom is -0.343 e. The van der Waals surface area contributed by atoms with Gasteiger partial charge in [0.25, 0.3) is 0 Å². The Labute approximate surface area is 175 Å². The van der Waals surface area contributed by atoms with Crippen LogP contribution in [-0.2, 0) is 9.59 Å². The molecule has 29 heavy (non-hydrogen) atoms. The number of amides is 2. The van der Waals surface area contributed by atoms with Crippen LogP contribution >= 0.6 is 0 Å². The van der Waals surface area contributed by atoms with E-state index in [0.29, 0.717) is 24.3 Å². The Morgan fingerprint density at radius 2 is 1.66 bits per heavy atom. The van der Waals surface area contributed by atoms with Crippen LogP contribution in [0.15, 0.2) is 24.3 Å². The normalized spacial score (nSPS) is 19.5. The fourth-order valence-corrected chi connectivity index (χ4v) is 4.78. The van der Waals surface area contributed by atoms with Crippen LogP contribution in [0, 0.1) is 5.92 Å². The summed E-state index contributed by atoms with van der Waals surface area (Å²) in [4.78, 5) is 29.5. The van der Waals surface area contributed by atoms with E-state index in [2.05, 4.69) is 31.0 Å². The molecule has 1 aromatic carbocycles. The minimum atomic E-state index is -0.0796. The lowest BCUT2D eigenvalue weighted by Gasteiger charge is -2.38. The van der Waals surface area contributed by atoms with Crippen LogP contribution in [0.1, 0.15) is 70.8 Å². The van der Waals surface area contributed by atoms with E-state index in [0.717, 1.165) is 37.2 Å². The Morgan fingerprint density at radius 3 is 2.31 bits per heavy atom. The fraction of sp³-hybridized carbons (Fsp3) is 0.667. The van der Waals surface area contributed by atoms with Gasteiger partial charge in [-0.1, -0.05) is 32.0 Å². The number of hydrogen-bond donors (Lipinski definition) is 1. The van der Waals surface area contributed by atoms with E-state index < -0.39 is 0 Å². The quantitative estimate of drug-likeness (QED) is 0.746. The molecule has 0 bridgehead atoms. The van der Waals surface area contributed by atoms with Gasteiger partial charge in [-0.3, -0.25) is 9.59 Å². The van der Waals surface area contributed by atoms with E-state index in [9.17, 15) is 9.59 Å². The van der Waals surface area contributed by atoms with E-state index in [1.54, 1.807) is 0 Å². The van der Waals surface area contributed by atoms with Crippen molar-refractivity contribution < 1.29 is 9.59 Å². The van der Waals surface area contributed by atoms with Crippen LogP contribution in [0.5, 0.6) is 0 Å². The SMILES string of the molecule is CC(C)c1ccccc1NC(=O)CCC(=O)N1CCC([C@@H](C)N2CCCC2)CC1. The van der Waals surface area contributed by atoms with E-state index in [4.69, 9.17) is 0 Å². The molecule has 0 aliphatic carbocycles. The first kappa shape index (κ1) is 21.8. The highest BCUT2D eigenvalue weighted by molar-refractivity contribution is 5.93. The number of likely N-dealkylation sites (tertiary alicyclic amines) is 2. The molecule has 0 radical (unpaired) electrons. The molecule has 5 heteroatoms. The molecular formula is C24H37N3O2. The molecule has 0 saturated carbocycles. The van der Waals surface area contributed by atoms with Crippen molar-refractivity contribution in [3.05, 3.63) is 29.8 Å². The summed E-state index contributed by atoms with van der Waals surface area (Å²) >= 11 is 0. The molecular weight excluding hydrogens is 362 g/mol. The molecule has 1 atom stereocenters. The third-order valence-corrected chi connectivity index (χ3v) is 6.71. The van der Waals surface area contributed by atoms with Gasteiger partial charge in [0.1, 0.15) is 0 Å². The zero-order chi connectivity index (χ0) is 20.8. The van der Waals surface area contributed by atoms with Crippen molar-refractivity contribution in [2.75, 3.05) is 31.5 Å². The summed E-state index contributed by atoms with van der Waals surface area (Å²) in [5.41, 5.74) is 1.98. The summed E-state index contributed by atoms with van der Waals surface area (Å²) in [5.74, 6) is 1.07. The molecule has 0 spiro atoms. The first-order valence-electron chi connectivity index (χ1n) is 11.4. The molecule has 160 valence electrons. The number of carbonyl (C=O) groups excluding carboxylic acids is 2. The summed E-state index contributed by atoms with van der Waals surface area (Å²) in [6.45, 7) is 10.7. The molecule has 3 rings (SSSR count). The number of benzene rings is 1. The van der Waals surface area contributed by atoms with Crippen molar-refractivity contribution in [3.8, 4) is 0 Å². The van der Waals surface area contributed by atoms with Crippen molar-refractivity contribution in [1.82, 2.24) is 9.80 Å². The van der Waals surface area contributed by atoms with Gasteiger partial charge in [0.2, 0.25) is 11.8 Å². The Kier molecular flexibility index (Phi) is 7.70. The number of anilines is 1.